The molecule has 2 aliphatic rings. The van der Waals surface area contributed by atoms with Gasteiger partial charge in [-0.2, -0.15) is 0 Å². The molecule has 0 atom stereocenters. The zero-order valence-electron chi connectivity index (χ0n) is 15.6. The minimum absolute atomic E-state index is 1.50. The second kappa shape index (κ2) is 17.4. The lowest BCUT2D eigenvalue weighted by Crippen LogP contribution is -1.85. The zero-order chi connectivity index (χ0) is 15.6. The third-order valence-corrected chi connectivity index (χ3v) is 5.50. The van der Waals surface area contributed by atoms with Crippen LogP contribution < -0.4 is 0 Å². The summed E-state index contributed by atoms with van der Waals surface area (Å²) in [6.07, 6.45) is 33.0. The molecule has 0 N–H and O–H groups in total. The molecule has 0 radical (unpaired) electrons. The molecule has 0 aliphatic heterocycles. The van der Waals surface area contributed by atoms with Crippen molar-refractivity contribution in [2.24, 2.45) is 0 Å². The van der Waals surface area contributed by atoms with Gasteiger partial charge in [0.05, 0.1) is 0 Å². The molecule has 0 saturated heterocycles. The minimum Gasteiger partial charge on any atom is -0.0533 e. The van der Waals surface area contributed by atoms with Crippen LogP contribution in [0.5, 0.6) is 0 Å². The van der Waals surface area contributed by atoms with Crippen molar-refractivity contribution < 1.29 is 0 Å². The van der Waals surface area contributed by atoms with Gasteiger partial charge in [-0.25, -0.2) is 0 Å². The van der Waals surface area contributed by atoms with Gasteiger partial charge in [-0.05, 0) is 0 Å². The molecule has 0 nitrogen and oxygen atoms in total. The fourth-order valence-corrected chi connectivity index (χ4v) is 3.89. The van der Waals surface area contributed by atoms with Crippen LogP contribution in [0, 0.1) is 0 Å². The second-order valence-electron chi connectivity index (χ2n) is 7.78. The van der Waals surface area contributed by atoms with E-state index in [-0.39, 0.29) is 0 Å². The van der Waals surface area contributed by atoms with Crippen LogP contribution >= 0.6 is 0 Å². The average molecular weight is 309 g/mol. The topological polar surface area (TPSA) is 0 Å². The third kappa shape index (κ3) is 14.9. The van der Waals surface area contributed by atoms with Crippen molar-refractivity contribution in [2.75, 3.05) is 0 Å². The van der Waals surface area contributed by atoms with E-state index in [4.69, 9.17) is 0 Å². The lowest BCUT2D eigenvalue weighted by Gasteiger charge is -2.05. The Balaban J connectivity index is 0.000000224. The summed E-state index contributed by atoms with van der Waals surface area (Å²) in [7, 11) is 0. The van der Waals surface area contributed by atoms with E-state index in [1.807, 2.05) is 0 Å². The van der Waals surface area contributed by atoms with Gasteiger partial charge in [0.1, 0.15) is 0 Å². The second-order valence-corrected chi connectivity index (χ2v) is 7.78. The van der Waals surface area contributed by atoms with Gasteiger partial charge in [-0.1, -0.05) is 141 Å². The Labute approximate surface area is 141 Å². The highest BCUT2D eigenvalue weighted by Crippen LogP contribution is 2.16. The summed E-state index contributed by atoms with van der Waals surface area (Å²) >= 11 is 0. The van der Waals surface area contributed by atoms with Crippen LogP contribution in [-0.2, 0) is 0 Å². The summed E-state index contributed by atoms with van der Waals surface area (Å²) < 4.78 is 0. The maximum atomic E-state index is 1.50. The van der Waals surface area contributed by atoms with Gasteiger partial charge in [0.15, 0.2) is 0 Å². The van der Waals surface area contributed by atoms with E-state index in [0.29, 0.717) is 0 Å². The molecule has 0 aromatic carbocycles. The van der Waals surface area contributed by atoms with E-state index in [1.54, 1.807) is 0 Å². The molecule has 0 unspecified atom stereocenters. The Morgan fingerprint density at radius 3 is 0.182 bits per heavy atom. The standard InChI is InChI=1S/C12H24.C10H20/c1-2-4-6-8-10-12-11-9-7-5-3-1;1-2-4-6-8-10-9-7-5-3-1/h1-12H2;1-10H2. The van der Waals surface area contributed by atoms with Crippen LogP contribution in [0.4, 0.5) is 0 Å². The first-order valence-electron chi connectivity index (χ1n) is 11.0. The largest absolute Gasteiger partial charge is 0.0533 e. The van der Waals surface area contributed by atoms with Crippen molar-refractivity contribution in [1.82, 2.24) is 0 Å². The minimum atomic E-state index is 1.50. The van der Waals surface area contributed by atoms with Crippen LogP contribution in [0.25, 0.3) is 0 Å². The van der Waals surface area contributed by atoms with Gasteiger partial charge in [0.2, 0.25) is 0 Å². The Morgan fingerprint density at radius 2 is 0.136 bits per heavy atom. The maximum absolute atomic E-state index is 1.50. The Kier molecular flexibility index (Phi) is 15.8. The summed E-state index contributed by atoms with van der Waals surface area (Å²) in [5.74, 6) is 0. The molecule has 0 heteroatoms. The SMILES string of the molecule is C1CCCCCCCCC1.C1CCCCCCCCCCC1. The van der Waals surface area contributed by atoms with E-state index in [0.717, 1.165) is 0 Å². The summed E-state index contributed by atoms with van der Waals surface area (Å²) in [6.45, 7) is 0. The van der Waals surface area contributed by atoms with E-state index in [9.17, 15) is 0 Å². The van der Waals surface area contributed by atoms with Crippen molar-refractivity contribution in [2.45, 2.75) is 141 Å². The highest BCUT2D eigenvalue weighted by Gasteiger charge is 1.97. The molecular formula is C22H44. The zero-order valence-corrected chi connectivity index (χ0v) is 15.6. The van der Waals surface area contributed by atoms with Crippen molar-refractivity contribution in [3.63, 3.8) is 0 Å². The normalized spacial score (nSPS) is 24.0. The van der Waals surface area contributed by atoms with Crippen LogP contribution in [0.15, 0.2) is 0 Å². The monoisotopic (exact) mass is 308 g/mol. The fraction of sp³-hybridized carbons (Fsp3) is 1.00. The van der Waals surface area contributed by atoms with E-state index in [2.05, 4.69) is 0 Å². The van der Waals surface area contributed by atoms with Gasteiger partial charge in [-0.15, -0.1) is 0 Å². The fourth-order valence-electron chi connectivity index (χ4n) is 3.89. The Bertz CT molecular complexity index is 120. The third-order valence-electron chi connectivity index (χ3n) is 5.50. The molecule has 0 aromatic heterocycles. The lowest BCUT2D eigenvalue weighted by molar-refractivity contribution is 0.504. The van der Waals surface area contributed by atoms with Crippen LogP contribution in [0.3, 0.4) is 0 Å². The first kappa shape index (κ1) is 20.0. The predicted octanol–water partition coefficient (Wildman–Crippen LogP) is 8.58. The van der Waals surface area contributed by atoms with Crippen molar-refractivity contribution in [1.29, 1.82) is 0 Å². The maximum Gasteiger partial charge on any atom is -0.0533 e. The summed E-state index contributed by atoms with van der Waals surface area (Å²) in [5.41, 5.74) is 0. The van der Waals surface area contributed by atoms with Crippen LogP contribution in [0.1, 0.15) is 141 Å². The molecular weight excluding hydrogens is 264 g/mol. The molecule has 2 fully saturated rings. The first-order chi connectivity index (χ1) is 11.0. The first-order valence-corrected chi connectivity index (χ1v) is 11.0. The molecule has 0 spiro atoms. The van der Waals surface area contributed by atoms with Crippen molar-refractivity contribution in [3.05, 3.63) is 0 Å². The van der Waals surface area contributed by atoms with E-state index >= 15 is 0 Å². The summed E-state index contributed by atoms with van der Waals surface area (Å²) in [4.78, 5) is 0. The predicted molar refractivity (Wildman–Crippen MR) is 102 cm³/mol. The van der Waals surface area contributed by atoms with Crippen LogP contribution in [-0.4, -0.2) is 0 Å². The molecule has 0 heterocycles. The number of rotatable bonds is 0. The Hall–Kier alpha value is 0. The van der Waals surface area contributed by atoms with Gasteiger partial charge in [0.25, 0.3) is 0 Å². The van der Waals surface area contributed by atoms with Crippen molar-refractivity contribution >= 4 is 0 Å². The molecule has 0 aromatic rings. The van der Waals surface area contributed by atoms with Gasteiger partial charge in [-0.3, -0.25) is 0 Å². The average Bonchev–Trinajstić information content (AvgIpc) is 2.54. The summed E-state index contributed by atoms with van der Waals surface area (Å²) in [5, 5.41) is 0. The van der Waals surface area contributed by atoms with Gasteiger partial charge >= 0.3 is 0 Å². The highest BCUT2D eigenvalue weighted by molar-refractivity contribution is 4.52. The van der Waals surface area contributed by atoms with E-state index in [1.165, 1.54) is 141 Å². The molecule has 2 saturated carbocycles. The molecule has 22 heavy (non-hydrogen) atoms. The molecule has 132 valence electrons. The van der Waals surface area contributed by atoms with Gasteiger partial charge < -0.3 is 0 Å². The quantitative estimate of drug-likeness (QED) is 0.420. The smallest absolute Gasteiger partial charge is 0.0533 e. The van der Waals surface area contributed by atoms with Gasteiger partial charge in [0, 0.05) is 0 Å². The molecule has 0 amide bonds. The highest BCUT2D eigenvalue weighted by atomic mass is 14.0. The van der Waals surface area contributed by atoms with E-state index < -0.39 is 0 Å². The Morgan fingerprint density at radius 1 is 0.0909 bits per heavy atom. The lowest BCUT2D eigenvalue weighted by atomic mass is 10.0. The molecule has 0 bridgehead atoms. The van der Waals surface area contributed by atoms with Crippen LogP contribution in [0.2, 0.25) is 0 Å². The number of hydrogen-bond donors (Lipinski definition) is 0. The molecule has 2 aliphatic carbocycles. The van der Waals surface area contributed by atoms with Crippen molar-refractivity contribution in [3.8, 4) is 0 Å². The summed E-state index contributed by atoms with van der Waals surface area (Å²) in [6, 6.07) is 0. The number of hydrogen-bond acceptors (Lipinski definition) is 0. The molecule has 2 rings (SSSR count).